The quantitative estimate of drug-likeness (QED) is 0.920. The van der Waals surface area contributed by atoms with Crippen LogP contribution in [0.25, 0.3) is 10.9 Å². The number of fused-ring (bicyclic) bond motifs is 3. The highest BCUT2D eigenvalue weighted by Crippen LogP contribution is 2.32. The van der Waals surface area contributed by atoms with Crippen LogP contribution >= 0.6 is 11.6 Å². The summed E-state index contributed by atoms with van der Waals surface area (Å²) in [5.74, 6) is 0.713. The monoisotopic (exact) mass is 290 g/mol. The Balaban J connectivity index is 1.61. The van der Waals surface area contributed by atoms with Gasteiger partial charge in [-0.15, -0.1) is 0 Å². The molecule has 3 nitrogen and oxygen atoms in total. The number of aromatic nitrogens is 1. The van der Waals surface area contributed by atoms with E-state index in [0.29, 0.717) is 5.92 Å². The minimum Gasteiger partial charge on any atom is -0.381 e. The summed E-state index contributed by atoms with van der Waals surface area (Å²) in [5.41, 5.74) is 3.91. The lowest BCUT2D eigenvalue weighted by Gasteiger charge is -2.29. The van der Waals surface area contributed by atoms with Gasteiger partial charge in [-0.2, -0.15) is 0 Å². The van der Waals surface area contributed by atoms with Gasteiger partial charge in [0.25, 0.3) is 0 Å². The first-order valence-corrected chi connectivity index (χ1v) is 7.77. The second-order valence-corrected chi connectivity index (χ2v) is 6.37. The number of para-hydroxylation sites is 1. The molecule has 1 unspecified atom stereocenters. The summed E-state index contributed by atoms with van der Waals surface area (Å²) < 4.78 is 5.49. The summed E-state index contributed by atoms with van der Waals surface area (Å²) in [7, 11) is 0. The Morgan fingerprint density at radius 2 is 2.35 bits per heavy atom. The van der Waals surface area contributed by atoms with Crippen molar-refractivity contribution in [2.75, 3.05) is 26.3 Å². The van der Waals surface area contributed by atoms with Crippen LogP contribution in [0, 0.1) is 5.92 Å². The van der Waals surface area contributed by atoms with E-state index < -0.39 is 0 Å². The number of aromatic amines is 1. The van der Waals surface area contributed by atoms with Gasteiger partial charge in [0, 0.05) is 43.7 Å². The molecule has 0 amide bonds. The Hall–Kier alpha value is -1.03. The van der Waals surface area contributed by atoms with Crippen molar-refractivity contribution in [2.45, 2.75) is 19.4 Å². The van der Waals surface area contributed by atoms with Crippen molar-refractivity contribution in [1.82, 2.24) is 9.88 Å². The second-order valence-electron chi connectivity index (χ2n) is 5.96. The molecule has 2 aliphatic rings. The first kappa shape index (κ1) is 12.7. The smallest absolute Gasteiger partial charge is 0.0648 e. The topological polar surface area (TPSA) is 28.3 Å². The van der Waals surface area contributed by atoms with Gasteiger partial charge in [0.15, 0.2) is 0 Å². The van der Waals surface area contributed by atoms with Gasteiger partial charge in [-0.3, -0.25) is 4.90 Å². The van der Waals surface area contributed by atoms with Gasteiger partial charge >= 0.3 is 0 Å². The Labute approximate surface area is 123 Å². The number of H-pyrrole nitrogens is 1. The molecule has 1 atom stereocenters. The predicted octanol–water partition coefficient (Wildman–Crippen LogP) is 3.22. The Bertz CT molecular complexity index is 631. The van der Waals surface area contributed by atoms with Crippen molar-refractivity contribution in [3.8, 4) is 0 Å². The first-order valence-electron chi connectivity index (χ1n) is 7.39. The molecule has 4 rings (SSSR count). The zero-order chi connectivity index (χ0) is 13.5. The highest BCUT2D eigenvalue weighted by molar-refractivity contribution is 6.35. The van der Waals surface area contributed by atoms with Gasteiger partial charge < -0.3 is 9.72 Å². The molecule has 1 N–H and O–H groups in total. The number of hydrogen-bond acceptors (Lipinski definition) is 2. The molecule has 2 aliphatic heterocycles. The van der Waals surface area contributed by atoms with Crippen LogP contribution in [0.4, 0.5) is 0 Å². The van der Waals surface area contributed by atoms with E-state index in [9.17, 15) is 0 Å². The van der Waals surface area contributed by atoms with E-state index in [0.717, 1.165) is 49.8 Å². The van der Waals surface area contributed by atoms with E-state index in [1.54, 1.807) is 0 Å². The molecular formula is C16H19ClN2O. The molecule has 1 saturated heterocycles. The van der Waals surface area contributed by atoms with E-state index >= 15 is 0 Å². The Morgan fingerprint density at radius 3 is 3.20 bits per heavy atom. The lowest BCUT2D eigenvalue weighted by atomic mass is 10.0. The molecule has 0 aliphatic carbocycles. The molecule has 106 valence electrons. The molecule has 1 aromatic heterocycles. The molecule has 2 aromatic rings. The predicted molar refractivity (Wildman–Crippen MR) is 81.2 cm³/mol. The van der Waals surface area contributed by atoms with E-state index in [1.165, 1.54) is 23.1 Å². The van der Waals surface area contributed by atoms with Crippen LogP contribution in [0.3, 0.4) is 0 Å². The molecule has 1 aromatic carbocycles. The third-order valence-electron chi connectivity index (χ3n) is 4.58. The minimum absolute atomic E-state index is 0.713. The Kier molecular flexibility index (Phi) is 3.21. The zero-order valence-electron chi connectivity index (χ0n) is 11.5. The molecule has 1 fully saturated rings. The molecule has 0 radical (unpaired) electrons. The van der Waals surface area contributed by atoms with Crippen molar-refractivity contribution in [2.24, 2.45) is 5.92 Å². The number of nitrogens with one attached hydrogen (secondary N) is 1. The third kappa shape index (κ3) is 2.14. The normalized spacial score (nSPS) is 23.4. The summed E-state index contributed by atoms with van der Waals surface area (Å²) >= 11 is 6.29. The largest absolute Gasteiger partial charge is 0.381 e. The maximum absolute atomic E-state index is 6.29. The summed E-state index contributed by atoms with van der Waals surface area (Å²) in [5, 5.41) is 2.12. The van der Waals surface area contributed by atoms with Crippen molar-refractivity contribution in [3.05, 3.63) is 34.5 Å². The summed E-state index contributed by atoms with van der Waals surface area (Å²) in [6.07, 6.45) is 2.30. The van der Waals surface area contributed by atoms with Gasteiger partial charge in [0.05, 0.1) is 17.1 Å². The van der Waals surface area contributed by atoms with Gasteiger partial charge in [-0.25, -0.2) is 0 Å². The number of hydrogen-bond donors (Lipinski definition) is 1. The van der Waals surface area contributed by atoms with Crippen molar-refractivity contribution in [1.29, 1.82) is 0 Å². The van der Waals surface area contributed by atoms with Crippen LogP contribution in [0.15, 0.2) is 18.2 Å². The molecule has 4 heteroatoms. The highest BCUT2D eigenvalue weighted by atomic mass is 35.5. The van der Waals surface area contributed by atoms with Crippen LogP contribution in [0.2, 0.25) is 5.02 Å². The second kappa shape index (κ2) is 5.06. The van der Waals surface area contributed by atoms with E-state index in [2.05, 4.69) is 16.0 Å². The van der Waals surface area contributed by atoms with E-state index in [1.807, 2.05) is 12.1 Å². The first-order chi connectivity index (χ1) is 9.81. The molecular weight excluding hydrogens is 272 g/mol. The van der Waals surface area contributed by atoms with Crippen LogP contribution in [0.5, 0.6) is 0 Å². The summed E-state index contributed by atoms with van der Waals surface area (Å²) in [4.78, 5) is 6.08. The molecule has 0 saturated carbocycles. The third-order valence-corrected chi connectivity index (χ3v) is 4.89. The molecule has 20 heavy (non-hydrogen) atoms. The van der Waals surface area contributed by atoms with E-state index in [4.69, 9.17) is 16.3 Å². The maximum Gasteiger partial charge on any atom is 0.0648 e. The van der Waals surface area contributed by atoms with Gasteiger partial charge in [-0.1, -0.05) is 23.7 Å². The van der Waals surface area contributed by atoms with Crippen LogP contribution in [0.1, 0.15) is 17.7 Å². The maximum atomic E-state index is 6.29. The molecule has 0 bridgehead atoms. The zero-order valence-corrected chi connectivity index (χ0v) is 12.2. The highest BCUT2D eigenvalue weighted by Gasteiger charge is 2.25. The lowest BCUT2D eigenvalue weighted by molar-refractivity contribution is 0.162. The van der Waals surface area contributed by atoms with Gasteiger partial charge in [-0.05, 0) is 24.0 Å². The van der Waals surface area contributed by atoms with Crippen LogP contribution in [-0.2, 0) is 17.7 Å². The van der Waals surface area contributed by atoms with Crippen molar-refractivity contribution < 1.29 is 4.74 Å². The van der Waals surface area contributed by atoms with Crippen molar-refractivity contribution >= 4 is 22.5 Å². The fraction of sp³-hybridized carbons (Fsp3) is 0.500. The Morgan fingerprint density at radius 1 is 1.40 bits per heavy atom. The molecule has 0 spiro atoms. The minimum atomic E-state index is 0.713. The number of ether oxygens (including phenoxy) is 1. The van der Waals surface area contributed by atoms with E-state index in [-0.39, 0.29) is 0 Å². The fourth-order valence-corrected chi connectivity index (χ4v) is 3.73. The fourth-order valence-electron chi connectivity index (χ4n) is 3.51. The van der Waals surface area contributed by atoms with Crippen LogP contribution < -0.4 is 0 Å². The standard InChI is InChI=1S/C16H19ClN2O/c17-14-3-1-2-12-13-9-19(8-11-5-7-20-10-11)6-4-15(13)18-16(12)14/h1-3,11,18H,4-10H2. The van der Waals surface area contributed by atoms with Crippen molar-refractivity contribution in [3.63, 3.8) is 0 Å². The molecule has 3 heterocycles. The number of halogens is 1. The SMILES string of the molecule is Clc1cccc2c3c([nH]c12)CCN(CC1CCOC1)C3. The van der Waals surface area contributed by atoms with Gasteiger partial charge in [0.2, 0.25) is 0 Å². The average Bonchev–Trinajstić information content (AvgIpc) is 3.07. The average molecular weight is 291 g/mol. The summed E-state index contributed by atoms with van der Waals surface area (Å²) in [6.45, 7) is 5.20. The number of rotatable bonds is 2. The summed E-state index contributed by atoms with van der Waals surface area (Å²) in [6, 6.07) is 6.18. The number of nitrogens with zero attached hydrogens (tertiary/aromatic N) is 1. The van der Waals surface area contributed by atoms with Crippen LogP contribution in [-0.4, -0.2) is 36.2 Å². The van der Waals surface area contributed by atoms with Gasteiger partial charge in [0.1, 0.15) is 0 Å². The number of benzene rings is 1. The lowest BCUT2D eigenvalue weighted by Crippen LogP contribution is -2.34.